The highest BCUT2D eigenvalue weighted by atomic mass is 35.5. The number of aryl methyl sites for hydroxylation is 1. The monoisotopic (exact) mass is 413 g/mol. The maximum atomic E-state index is 12.8. The van der Waals surface area contributed by atoms with Crippen molar-refractivity contribution in [1.82, 2.24) is 4.98 Å². The van der Waals surface area contributed by atoms with Crippen LogP contribution in [0.1, 0.15) is 28.4 Å². The van der Waals surface area contributed by atoms with E-state index < -0.39 is 61.8 Å². The first-order valence-electron chi connectivity index (χ1n) is 6.84. The van der Waals surface area contributed by atoms with E-state index in [0.29, 0.717) is 0 Å². The van der Waals surface area contributed by atoms with Gasteiger partial charge in [0.05, 0.1) is 22.5 Å². The molecule has 0 saturated carbocycles. The molecule has 0 aliphatic rings. The van der Waals surface area contributed by atoms with Crippen molar-refractivity contribution < 1.29 is 35.1 Å². The fourth-order valence-corrected chi connectivity index (χ4v) is 3.32. The molecule has 0 radical (unpaired) electrons. The highest BCUT2D eigenvalue weighted by molar-refractivity contribution is 7.81. The zero-order chi connectivity index (χ0) is 20.0. The number of hydrogen-bond donors (Lipinski definition) is 2. The average Bonchev–Trinajstić information content (AvgIpc) is 2.39. The van der Waals surface area contributed by atoms with Crippen molar-refractivity contribution in [3.05, 3.63) is 38.1 Å². The number of alkyl halides is 3. The van der Waals surface area contributed by atoms with Gasteiger partial charge in [0.2, 0.25) is 0 Å². The molecule has 0 unspecified atom stereocenters. The first-order valence-corrected chi connectivity index (χ1v) is 8.58. The lowest BCUT2D eigenvalue weighted by Gasteiger charge is -2.16. The first-order chi connectivity index (χ1) is 11.7. The SMILES string of the molecule is CC(=O)c1c(C)c2c(OS(=O)(=O)O)c(Cl)cc(CC(F)(F)F)c2[nH]c1=O. The van der Waals surface area contributed by atoms with Crippen molar-refractivity contribution in [2.45, 2.75) is 26.4 Å². The Morgan fingerprint density at radius 3 is 2.42 bits per heavy atom. The van der Waals surface area contributed by atoms with E-state index in [-0.39, 0.29) is 10.9 Å². The molecule has 1 aromatic heterocycles. The van der Waals surface area contributed by atoms with Crippen LogP contribution in [0.15, 0.2) is 10.9 Å². The number of Topliss-reactive ketones (excluding diaryl/α,β-unsaturated/α-hetero) is 1. The minimum Gasteiger partial charge on any atom is -0.359 e. The van der Waals surface area contributed by atoms with Gasteiger partial charge in [-0.25, -0.2) is 0 Å². The van der Waals surface area contributed by atoms with Crippen LogP contribution in [-0.2, 0) is 16.8 Å². The Balaban J connectivity index is 3.03. The van der Waals surface area contributed by atoms with Gasteiger partial charge in [0.15, 0.2) is 11.5 Å². The Kier molecular flexibility index (Phi) is 5.10. The van der Waals surface area contributed by atoms with Crippen LogP contribution in [-0.4, -0.2) is 29.9 Å². The van der Waals surface area contributed by atoms with E-state index in [1.165, 1.54) is 6.92 Å². The number of pyridine rings is 1. The van der Waals surface area contributed by atoms with E-state index in [1.807, 2.05) is 0 Å². The summed E-state index contributed by atoms with van der Waals surface area (Å²) in [6.07, 6.45) is -6.14. The van der Waals surface area contributed by atoms with Crippen molar-refractivity contribution in [2.75, 3.05) is 0 Å². The second-order valence-electron chi connectivity index (χ2n) is 5.41. The van der Waals surface area contributed by atoms with Gasteiger partial charge < -0.3 is 9.17 Å². The van der Waals surface area contributed by atoms with Crippen LogP contribution < -0.4 is 9.74 Å². The number of halogens is 4. The van der Waals surface area contributed by atoms with E-state index in [4.69, 9.17) is 16.2 Å². The number of hydrogen-bond acceptors (Lipinski definition) is 5. The second-order valence-corrected chi connectivity index (χ2v) is 6.84. The van der Waals surface area contributed by atoms with Crippen LogP contribution in [0.5, 0.6) is 5.75 Å². The minimum absolute atomic E-state index is 0.138. The topological polar surface area (TPSA) is 114 Å². The third kappa shape index (κ3) is 4.17. The van der Waals surface area contributed by atoms with Crippen LogP contribution in [0.25, 0.3) is 10.9 Å². The van der Waals surface area contributed by atoms with Crippen molar-refractivity contribution in [3.63, 3.8) is 0 Å². The van der Waals surface area contributed by atoms with Crippen LogP contribution in [0, 0.1) is 6.92 Å². The van der Waals surface area contributed by atoms with Crippen molar-refractivity contribution in [3.8, 4) is 5.75 Å². The van der Waals surface area contributed by atoms with Crippen LogP contribution in [0.2, 0.25) is 5.02 Å². The molecule has 1 heterocycles. The Morgan fingerprint density at radius 2 is 1.96 bits per heavy atom. The molecular weight excluding hydrogens is 403 g/mol. The number of nitrogens with one attached hydrogen (secondary N) is 1. The van der Waals surface area contributed by atoms with E-state index in [1.54, 1.807) is 0 Å². The maximum Gasteiger partial charge on any atom is 0.446 e. The summed E-state index contributed by atoms with van der Waals surface area (Å²) in [7, 11) is -5.08. The number of aromatic amines is 1. The van der Waals surface area contributed by atoms with E-state index in [9.17, 15) is 31.2 Å². The quantitative estimate of drug-likeness (QED) is 0.588. The molecular formula is C14H11ClF3NO6S. The predicted octanol–water partition coefficient (Wildman–Crippen LogP) is 2.98. The zero-order valence-electron chi connectivity index (χ0n) is 13.2. The van der Waals surface area contributed by atoms with Gasteiger partial charge in [-0.3, -0.25) is 14.1 Å². The number of H-pyrrole nitrogens is 1. The summed E-state index contributed by atoms with van der Waals surface area (Å²) in [5.41, 5.74) is -2.36. The van der Waals surface area contributed by atoms with Gasteiger partial charge >= 0.3 is 16.6 Å². The molecule has 0 bridgehead atoms. The van der Waals surface area contributed by atoms with Crippen molar-refractivity contribution >= 4 is 38.7 Å². The van der Waals surface area contributed by atoms with Crippen LogP contribution in [0.4, 0.5) is 13.2 Å². The van der Waals surface area contributed by atoms with Gasteiger partial charge in [-0.15, -0.1) is 0 Å². The summed E-state index contributed by atoms with van der Waals surface area (Å²) in [5.74, 6) is -1.41. The smallest absolute Gasteiger partial charge is 0.359 e. The number of benzene rings is 1. The molecule has 26 heavy (non-hydrogen) atoms. The van der Waals surface area contributed by atoms with Gasteiger partial charge in [-0.05, 0) is 31.0 Å². The highest BCUT2D eigenvalue weighted by Crippen LogP contribution is 2.39. The highest BCUT2D eigenvalue weighted by Gasteiger charge is 2.31. The summed E-state index contributed by atoms with van der Waals surface area (Å²) in [6.45, 7) is 2.27. The summed E-state index contributed by atoms with van der Waals surface area (Å²) in [6, 6.07) is 0.765. The first kappa shape index (κ1) is 20.2. The molecule has 142 valence electrons. The third-order valence-corrected chi connectivity index (χ3v) is 4.12. The number of carbonyl (C=O) groups is 1. The maximum absolute atomic E-state index is 12.8. The van der Waals surface area contributed by atoms with Gasteiger partial charge in [0.1, 0.15) is 0 Å². The molecule has 1 aromatic carbocycles. The fraction of sp³-hybridized carbons (Fsp3) is 0.286. The zero-order valence-corrected chi connectivity index (χ0v) is 14.8. The number of ketones is 1. The molecule has 2 N–H and O–H groups in total. The number of aromatic nitrogens is 1. The molecule has 0 amide bonds. The molecule has 2 aromatic rings. The lowest BCUT2D eigenvalue weighted by Crippen LogP contribution is -2.21. The Bertz CT molecular complexity index is 1070. The van der Waals surface area contributed by atoms with Gasteiger partial charge in [0, 0.05) is 5.39 Å². The summed E-state index contributed by atoms with van der Waals surface area (Å²) in [5, 5.41) is -0.891. The molecule has 0 atom stereocenters. The lowest BCUT2D eigenvalue weighted by molar-refractivity contribution is -0.127. The Hall–Kier alpha value is -2.11. The second kappa shape index (κ2) is 6.56. The summed E-state index contributed by atoms with van der Waals surface area (Å²) < 4.78 is 73.9. The number of fused-ring (bicyclic) bond motifs is 1. The van der Waals surface area contributed by atoms with Gasteiger partial charge in [0.25, 0.3) is 5.56 Å². The molecule has 0 saturated heterocycles. The van der Waals surface area contributed by atoms with Crippen molar-refractivity contribution in [2.24, 2.45) is 0 Å². The van der Waals surface area contributed by atoms with Crippen LogP contribution >= 0.6 is 11.6 Å². The van der Waals surface area contributed by atoms with Gasteiger partial charge in [-0.1, -0.05) is 11.6 Å². The molecule has 2 rings (SSSR count). The molecule has 0 aliphatic heterocycles. The molecule has 12 heteroatoms. The third-order valence-electron chi connectivity index (χ3n) is 3.46. The molecule has 0 spiro atoms. The van der Waals surface area contributed by atoms with Gasteiger partial charge in [-0.2, -0.15) is 21.6 Å². The van der Waals surface area contributed by atoms with Crippen LogP contribution in [0.3, 0.4) is 0 Å². The lowest BCUT2D eigenvalue weighted by atomic mass is 9.98. The predicted molar refractivity (Wildman–Crippen MR) is 86.3 cm³/mol. The normalized spacial score (nSPS) is 12.4. The summed E-state index contributed by atoms with van der Waals surface area (Å²) in [4.78, 5) is 25.9. The summed E-state index contributed by atoms with van der Waals surface area (Å²) >= 11 is 5.84. The Morgan fingerprint density at radius 1 is 1.38 bits per heavy atom. The van der Waals surface area contributed by atoms with Crippen molar-refractivity contribution in [1.29, 1.82) is 0 Å². The molecule has 0 aliphatic carbocycles. The minimum atomic E-state index is -5.08. The molecule has 0 fully saturated rings. The number of carbonyl (C=O) groups excluding carboxylic acids is 1. The number of rotatable bonds is 4. The van der Waals surface area contributed by atoms with E-state index in [2.05, 4.69) is 9.17 Å². The molecule has 7 nitrogen and oxygen atoms in total. The Labute approximate surface area is 149 Å². The van der Waals surface area contributed by atoms with E-state index >= 15 is 0 Å². The van der Waals surface area contributed by atoms with E-state index in [0.717, 1.165) is 13.0 Å². The largest absolute Gasteiger partial charge is 0.446 e. The standard InChI is InChI=1S/C14H11ClF3NO6S/c1-5-9(6(2)20)13(21)19-11-7(4-14(16,17)18)3-8(15)12(10(5)11)25-26(22,23)24/h3H,4H2,1-2H3,(H,19,21)(H,22,23,24). The average molecular weight is 414 g/mol. The fourth-order valence-electron chi connectivity index (χ4n) is 2.62.